The first-order chi connectivity index (χ1) is 14.4. The quantitative estimate of drug-likeness (QED) is 0.542. The van der Waals surface area contributed by atoms with Crippen molar-refractivity contribution in [3.63, 3.8) is 0 Å². The lowest BCUT2D eigenvalue weighted by atomic mass is 10.1. The van der Waals surface area contributed by atoms with E-state index in [9.17, 15) is 26.4 Å². The fraction of sp³-hybridized carbons (Fsp3) is 0.158. The second-order valence-corrected chi connectivity index (χ2v) is 8.61. The minimum Gasteiger partial charge on any atom is -0.361 e. The van der Waals surface area contributed by atoms with Gasteiger partial charge in [-0.05, 0) is 49.7 Å². The van der Waals surface area contributed by atoms with Crippen LogP contribution in [-0.4, -0.2) is 19.5 Å². The smallest absolute Gasteiger partial charge is 0.361 e. The van der Waals surface area contributed by atoms with Gasteiger partial charge in [-0.1, -0.05) is 22.8 Å². The van der Waals surface area contributed by atoms with E-state index in [1.165, 1.54) is 26.0 Å². The molecule has 0 spiro atoms. The van der Waals surface area contributed by atoms with Gasteiger partial charge in [-0.2, -0.15) is 13.2 Å². The number of anilines is 2. The van der Waals surface area contributed by atoms with E-state index in [4.69, 9.17) is 16.1 Å². The highest BCUT2D eigenvalue weighted by molar-refractivity contribution is 7.92. The van der Waals surface area contributed by atoms with Crippen LogP contribution in [0.1, 0.15) is 27.2 Å². The van der Waals surface area contributed by atoms with E-state index in [1.54, 1.807) is 0 Å². The SMILES string of the molecule is Cc1ccc(Cl)cc1S(=O)(=O)Nc1ccc(NC(=O)c2cnoc2C)cc1C(F)(F)F. The number of hydrogen-bond acceptors (Lipinski definition) is 5. The average molecular weight is 474 g/mol. The predicted molar refractivity (Wildman–Crippen MR) is 108 cm³/mol. The monoisotopic (exact) mass is 473 g/mol. The molecule has 0 aliphatic carbocycles. The fourth-order valence-electron chi connectivity index (χ4n) is 2.72. The Bertz CT molecular complexity index is 1260. The molecule has 0 aliphatic heterocycles. The molecule has 0 fully saturated rings. The molecule has 2 aromatic carbocycles. The van der Waals surface area contributed by atoms with Crippen molar-refractivity contribution in [1.82, 2.24) is 5.16 Å². The van der Waals surface area contributed by atoms with E-state index < -0.39 is 33.4 Å². The molecule has 31 heavy (non-hydrogen) atoms. The number of rotatable bonds is 5. The summed E-state index contributed by atoms with van der Waals surface area (Å²) >= 11 is 5.83. The number of alkyl halides is 3. The number of nitrogens with one attached hydrogen (secondary N) is 2. The molecular weight excluding hydrogens is 459 g/mol. The number of aromatic nitrogens is 1. The molecule has 0 saturated heterocycles. The topological polar surface area (TPSA) is 101 Å². The normalized spacial score (nSPS) is 11.9. The van der Waals surface area contributed by atoms with Crippen molar-refractivity contribution < 1.29 is 30.9 Å². The van der Waals surface area contributed by atoms with E-state index >= 15 is 0 Å². The lowest BCUT2D eigenvalue weighted by Gasteiger charge is -2.17. The molecule has 0 atom stereocenters. The molecule has 0 unspecified atom stereocenters. The first-order valence-electron chi connectivity index (χ1n) is 8.61. The Labute approximate surface area is 180 Å². The van der Waals surface area contributed by atoms with Crippen LogP contribution in [0.2, 0.25) is 5.02 Å². The Morgan fingerprint density at radius 2 is 1.84 bits per heavy atom. The van der Waals surface area contributed by atoms with E-state index in [0.29, 0.717) is 11.6 Å². The number of carbonyl (C=O) groups is 1. The Morgan fingerprint density at radius 3 is 2.45 bits per heavy atom. The number of amides is 1. The summed E-state index contributed by atoms with van der Waals surface area (Å²) in [5.74, 6) is -0.537. The third-order valence-electron chi connectivity index (χ3n) is 4.26. The Morgan fingerprint density at radius 1 is 1.13 bits per heavy atom. The summed E-state index contributed by atoms with van der Waals surface area (Å²) in [6.45, 7) is 2.96. The minimum atomic E-state index is -4.91. The van der Waals surface area contributed by atoms with Crippen molar-refractivity contribution in [2.75, 3.05) is 10.0 Å². The summed E-state index contributed by atoms with van der Waals surface area (Å²) in [6.07, 6.45) is -3.78. The molecule has 1 aromatic heterocycles. The van der Waals surface area contributed by atoms with Crippen molar-refractivity contribution in [2.24, 2.45) is 0 Å². The first-order valence-corrected chi connectivity index (χ1v) is 10.5. The number of benzene rings is 2. The van der Waals surface area contributed by atoms with Crippen LogP contribution in [0.3, 0.4) is 0 Å². The summed E-state index contributed by atoms with van der Waals surface area (Å²) in [7, 11) is -4.37. The highest BCUT2D eigenvalue weighted by Crippen LogP contribution is 2.38. The zero-order chi connectivity index (χ0) is 23.0. The molecule has 0 radical (unpaired) electrons. The lowest BCUT2D eigenvalue weighted by molar-refractivity contribution is -0.136. The van der Waals surface area contributed by atoms with Crippen LogP contribution in [0.15, 0.2) is 52.0 Å². The largest absolute Gasteiger partial charge is 0.418 e. The van der Waals surface area contributed by atoms with Gasteiger partial charge in [0.15, 0.2) is 0 Å². The Kier molecular flexibility index (Phi) is 6.01. The van der Waals surface area contributed by atoms with Crippen LogP contribution in [0.5, 0.6) is 0 Å². The van der Waals surface area contributed by atoms with Gasteiger partial charge < -0.3 is 9.84 Å². The molecule has 7 nitrogen and oxygen atoms in total. The second kappa shape index (κ2) is 8.23. The summed E-state index contributed by atoms with van der Waals surface area (Å²) in [5, 5.41) is 5.85. The molecule has 0 bridgehead atoms. The minimum absolute atomic E-state index is 0.0507. The maximum Gasteiger partial charge on any atom is 0.418 e. The van der Waals surface area contributed by atoms with Crippen LogP contribution >= 0.6 is 11.6 Å². The molecule has 0 saturated carbocycles. The number of aryl methyl sites for hydroxylation is 2. The highest BCUT2D eigenvalue weighted by Gasteiger charge is 2.35. The van der Waals surface area contributed by atoms with Crippen molar-refractivity contribution >= 4 is 38.9 Å². The molecule has 3 aromatic rings. The standard InChI is InChI=1S/C19H15ClF3N3O4S/c1-10-3-4-12(20)7-17(10)31(28,29)26-16-6-5-13(8-15(16)19(21,22)23)25-18(27)14-9-24-30-11(14)2/h3-9,26H,1-2H3,(H,25,27). The molecule has 1 amide bonds. The van der Waals surface area contributed by atoms with Gasteiger partial charge in [0.1, 0.15) is 11.3 Å². The van der Waals surface area contributed by atoms with Crippen LogP contribution < -0.4 is 10.0 Å². The average Bonchev–Trinajstić information content (AvgIpc) is 3.10. The molecule has 3 rings (SSSR count). The second-order valence-electron chi connectivity index (χ2n) is 6.52. The van der Waals surface area contributed by atoms with Crippen molar-refractivity contribution in [3.05, 3.63) is 70.1 Å². The van der Waals surface area contributed by atoms with Gasteiger partial charge in [-0.15, -0.1) is 0 Å². The fourth-order valence-corrected chi connectivity index (χ4v) is 4.31. The van der Waals surface area contributed by atoms with Gasteiger partial charge in [0.25, 0.3) is 15.9 Å². The number of carbonyl (C=O) groups excluding carboxylic acids is 1. The maximum absolute atomic E-state index is 13.6. The van der Waals surface area contributed by atoms with Gasteiger partial charge in [0, 0.05) is 10.7 Å². The third kappa shape index (κ3) is 5.00. The highest BCUT2D eigenvalue weighted by atomic mass is 35.5. The molecule has 1 heterocycles. The van der Waals surface area contributed by atoms with Gasteiger partial charge in [-0.25, -0.2) is 8.42 Å². The zero-order valence-electron chi connectivity index (χ0n) is 16.0. The molecule has 0 aliphatic rings. The predicted octanol–water partition coefficient (Wildman–Crippen LogP) is 5.02. The zero-order valence-corrected chi connectivity index (χ0v) is 17.6. The maximum atomic E-state index is 13.6. The van der Waals surface area contributed by atoms with Crippen LogP contribution in [0.4, 0.5) is 24.5 Å². The summed E-state index contributed by atoms with van der Waals surface area (Å²) in [6, 6.07) is 6.72. The van der Waals surface area contributed by atoms with Crippen molar-refractivity contribution in [2.45, 2.75) is 24.9 Å². The molecule has 12 heteroatoms. The van der Waals surface area contributed by atoms with Crippen LogP contribution in [0.25, 0.3) is 0 Å². The number of halogens is 4. The van der Waals surface area contributed by atoms with E-state index in [0.717, 1.165) is 24.4 Å². The number of hydrogen-bond donors (Lipinski definition) is 2. The van der Waals surface area contributed by atoms with Gasteiger partial charge >= 0.3 is 6.18 Å². The lowest BCUT2D eigenvalue weighted by Crippen LogP contribution is -2.19. The summed E-state index contributed by atoms with van der Waals surface area (Å²) in [5.41, 5.74) is -1.82. The van der Waals surface area contributed by atoms with Gasteiger partial charge in [0.2, 0.25) is 0 Å². The Hall–Kier alpha value is -3.05. The van der Waals surface area contributed by atoms with Gasteiger partial charge in [-0.3, -0.25) is 9.52 Å². The van der Waals surface area contributed by atoms with Crippen molar-refractivity contribution in [1.29, 1.82) is 0 Å². The number of nitrogens with zero attached hydrogens (tertiary/aromatic N) is 1. The van der Waals surface area contributed by atoms with E-state index in [-0.39, 0.29) is 26.9 Å². The molecule has 2 N–H and O–H groups in total. The first kappa shape index (κ1) is 22.6. The van der Waals surface area contributed by atoms with Gasteiger partial charge in [0.05, 0.1) is 22.3 Å². The molecular formula is C19H15ClF3N3O4S. The van der Waals surface area contributed by atoms with E-state index in [2.05, 4.69) is 10.5 Å². The van der Waals surface area contributed by atoms with E-state index in [1.807, 2.05) is 4.72 Å². The van der Waals surface area contributed by atoms with Crippen LogP contribution in [-0.2, 0) is 16.2 Å². The Balaban J connectivity index is 1.96. The molecule has 164 valence electrons. The number of sulfonamides is 1. The summed E-state index contributed by atoms with van der Waals surface area (Å²) in [4.78, 5) is 12.0. The third-order valence-corrected chi connectivity index (χ3v) is 6.00. The van der Waals surface area contributed by atoms with Crippen LogP contribution in [0, 0.1) is 13.8 Å². The summed E-state index contributed by atoms with van der Waals surface area (Å²) < 4.78 is 73.0. The van der Waals surface area contributed by atoms with Crippen molar-refractivity contribution in [3.8, 4) is 0 Å².